The fourth-order valence-corrected chi connectivity index (χ4v) is 3.89. The molecule has 1 saturated heterocycles. The Hall–Kier alpha value is -2.75. The number of benzene rings is 2. The molecule has 2 heterocycles. The summed E-state index contributed by atoms with van der Waals surface area (Å²) in [6, 6.07) is 14.2. The van der Waals surface area contributed by atoms with Crippen LogP contribution in [0.15, 0.2) is 51.7 Å². The second-order valence-corrected chi connectivity index (χ2v) is 7.39. The first-order chi connectivity index (χ1) is 13.1. The highest BCUT2D eigenvalue weighted by molar-refractivity contribution is 5.84. The summed E-state index contributed by atoms with van der Waals surface area (Å²) in [4.78, 5) is 14.5. The largest absolute Gasteiger partial charge is 0.422 e. The van der Waals surface area contributed by atoms with E-state index < -0.39 is 0 Å². The van der Waals surface area contributed by atoms with Gasteiger partial charge in [0.05, 0.1) is 11.4 Å². The van der Waals surface area contributed by atoms with E-state index in [9.17, 15) is 4.79 Å². The van der Waals surface area contributed by atoms with Gasteiger partial charge in [-0.05, 0) is 61.9 Å². The summed E-state index contributed by atoms with van der Waals surface area (Å²) in [6.45, 7) is 6.84. The fraction of sp³-hybridized carbons (Fsp3) is 0.348. The lowest BCUT2D eigenvalue weighted by molar-refractivity contribution is 0.556. The molecule has 1 fully saturated rings. The Morgan fingerprint density at radius 3 is 2.63 bits per heavy atom. The van der Waals surface area contributed by atoms with Crippen molar-refractivity contribution in [1.29, 1.82) is 0 Å². The van der Waals surface area contributed by atoms with E-state index >= 15 is 0 Å². The molecule has 0 radical (unpaired) electrons. The van der Waals surface area contributed by atoms with Crippen LogP contribution in [0.1, 0.15) is 36.0 Å². The number of nitrogens with zero attached hydrogens (tertiary/aromatic N) is 1. The number of piperidine rings is 1. The molecule has 1 aliphatic rings. The summed E-state index contributed by atoms with van der Waals surface area (Å²) >= 11 is 0. The number of para-hydroxylation sites is 2. The standard InChI is InChI=1S/C23H26N2O2/c1-16-10-11-19-18(14-22(26)27-23(19)17(16)2)15-24-20-8-4-5-9-21(20)25-12-6-3-7-13-25/h4-5,8-11,14,24H,3,6-7,12-13,15H2,1-2H3. The quantitative estimate of drug-likeness (QED) is 0.663. The molecule has 0 saturated carbocycles. The zero-order valence-corrected chi connectivity index (χ0v) is 16.0. The van der Waals surface area contributed by atoms with Gasteiger partial charge in [0.25, 0.3) is 0 Å². The van der Waals surface area contributed by atoms with Crippen LogP contribution in [0.5, 0.6) is 0 Å². The number of hydrogen-bond acceptors (Lipinski definition) is 4. The molecule has 1 aliphatic heterocycles. The molecule has 27 heavy (non-hydrogen) atoms. The highest BCUT2D eigenvalue weighted by atomic mass is 16.4. The van der Waals surface area contributed by atoms with Crippen LogP contribution < -0.4 is 15.8 Å². The molecule has 2 aromatic carbocycles. The molecule has 3 aromatic rings. The highest BCUT2D eigenvalue weighted by Crippen LogP contribution is 2.29. The fourth-order valence-electron chi connectivity index (χ4n) is 3.89. The number of nitrogens with one attached hydrogen (secondary N) is 1. The lowest BCUT2D eigenvalue weighted by Crippen LogP contribution is -2.30. The molecular weight excluding hydrogens is 336 g/mol. The third-order valence-corrected chi connectivity index (χ3v) is 5.59. The van der Waals surface area contributed by atoms with Gasteiger partial charge < -0.3 is 14.6 Å². The summed E-state index contributed by atoms with van der Waals surface area (Å²) in [6.07, 6.45) is 3.81. The lowest BCUT2D eigenvalue weighted by Gasteiger charge is -2.30. The Kier molecular flexibility index (Phi) is 4.88. The van der Waals surface area contributed by atoms with Crippen LogP contribution in [0.3, 0.4) is 0 Å². The summed E-state index contributed by atoms with van der Waals surface area (Å²) in [5, 5.41) is 4.56. The average Bonchev–Trinajstić information content (AvgIpc) is 2.70. The minimum absolute atomic E-state index is 0.294. The molecule has 1 aromatic heterocycles. The van der Waals surface area contributed by atoms with E-state index in [1.54, 1.807) is 6.07 Å². The van der Waals surface area contributed by atoms with Crippen molar-refractivity contribution in [1.82, 2.24) is 0 Å². The van der Waals surface area contributed by atoms with E-state index in [-0.39, 0.29) is 5.63 Å². The van der Waals surface area contributed by atoms with Gasteiger partial charge in [-0.25, -0.2) is 4.79 Å². The molecule has 0 aliphatic carbocycles. The third-order valence-electron chi connectivity index (χ3n) is 5.59. The van der Waals surface area contributed by atoms with Crippen LogP contribution in [0.2, 0.25) is 0 Å². The smallest absolute Gasteiger partial charge is 0.336 e. The normalized spacial score (nSPS) is 14.5. The minimum Gasteiger partial charge on any atom is -0.422 e. The van der Waals surface area contributed by atoms with E-state index in [4.69, 9.17) is 4.42 Å². The molecule has 140 valence electrons. The van der Waals surface area contributed by atoms with Gasteiger partial charge in [0.15, 0.2) is 0 Å². The monoisotopic (exact) mass is 362 g/mol. The van der Waals surface area contributed by atoms with Crippen molar-refractivity contribution >= 4 is 22.3 Å². The van der Waals surface area contributed by atoms with Crippen molar-refractivity contribution in [3.8, 4) is 0 Å². The van der Waals surface area contributed by atoms with Gasteiger partial charge in [-0.3, -0.25) is 0 Å². The molecule has 0 spiro atoms. The van der Waals surface area contributed by atoms with Gasteiger partial charge in [-0.15, -0.1) is 0 Å². The molecule has 1 N–H and O–H groups in total. The number of aryl methyl sites for hydroxylation is 2. The van der Waals surface area contributed by atoms with E-state index in [2.05, 4.69) is 40.5 Å². The van der Waals surface area contributed by atoms with Crippen molar-refractivity contribution in [2.75, 3.05) is 23.3 Å². The molecule has 4 rings (SSSR count). The van der Waals surface area contributed by atoms with E-state index in [0.29, 0.717) is 12.1 Å². The topological polar surface area (TPSA) is 45.5 Å². The Balaban J connectivity index is 1.65. The zero-order valence-electron chi connectivity index (χ0n) is 16.0. The first-order valence-corrected chi connectivity index (χ1v) is 9.74. The van der Waals surface area contributed by atoms with Crippen molar-refractivity contribution in [3.05, 3.63) is 69.6 Å². The van der Waals surface area contributed by atoms with Crippen molar-refractivity contribution < 1.29 is 4.42 Å². The van der Waals surface area contributed by atoms with Gasteiger partial charge in [-0.2, -0.15) is 0 Å². The van der Waals surface area contributed by atoms with E-state index in [1.165, 1.54) is 24.9 Å². The van der Waals surface area contributed by atoms with Gasteiger partial charge >= 0.3 is 5.63 Å². The molecule has 4 nitrogen and oxygen atoms in total. The van der Waals surface area contributed by atoms with Gasteiger partial charge in [0.1, 0.15) is 5.58 Å². The first-order valence-electron chi connectivity index (χ1n) is 9.74. The predicted octanol–water partition coefficient (Wildman–Crippen LogP) is 5.01. The van der Waals surface area contributed by atoms with Gasteiger partial charge in [0, 0.05) is 31.1 Å². The Morgan fingerprint density at radius 1 is 1.04 bits per heavy atom. The molecule has 0 amide bonds. The number of anilines is 2. The number of hydrogen-bond donors (Lipinski definition) is 1. The number of rotatable bonds is 4. The highest BCUT2D eigenvalue weighted by Gasteiger charge is 2.15. The second kappa shape index (κ2) is 7.47. The average molecular weight is 362 g/mol. The van der Waals surface area contributed by atoms with Crippen LogP contribution in [-0.2, 0) is 6.54 Å². The number of fused-ring (bicyclic) bond motifs is 1. The van der Waals surface area contributed by atoms with Crippen LogP contribution >= 0.6 is 0 Å². The van der Waals surface area contributed by atoms with Gasteiger partial charge in [-0.1, -0.05) is 24.3 Å². The second-order valence-electron chi connectivity index (χ2n) is 7.39. The van der Waals surface area contributed by atoms with Crippen molar-refractivity contribution in [2.24, 2.45) is 0 Å². The third kappa shape index (κ3) is 3.57. The Labute approximate surface area is 159 Å². The molecular formula is C23H26N2O2. The summed E-state index contributed by atoms with van der Waals surface area (Å²) in [5.41, 5.74) is 5.89. The molecule has 4 heteroatoms. The van der Waals surface area contributed by atoms with Crippen LogP contribution in [0.25, 0.3) is 11.0 Å². The minimum atomic E-state index is -0.294. The Bertz CT molecular complexity index is 1020. The molecule has 0 atom stereocenters. The predicted molar refractivity (Wildman–Crippen MR) is 112 cm³/mol. The summed E-state index contributed by atoms with van der Waals surface area (Å²) in [7, 11) is 0. The maximum atomic E-state index is 12.1. The van der Waals surface area contributed by atoms with Crippen molar-refractivity contribution in [3.63, 3.8) is 0 Å². The first kappa shape index (κ1) is 17.7. The molecule has 0 unspecified atom stereocenters. The van der Waals surface area contributed by atoms with Crippen molar-refractivity contribution in [2.45, 2.75) is 39.7 Å². The lowest BCUT2D eigenvalue weighted by atomic mass is 10.0. The van der Waals surface area contributed by atoms with Crippen LogP contribution in [0.4, 0.5) is 11.4 Å². The maximum absolute atomic E-state index is 12.1. The summed E-state index contributed by atoms with van der Waals surface area (Å²) < 4.78 is 5.49. The SMILES string of the molecule is Cc1ccc2c(CNc3ccccc3N3CCCCC3)cc(=O)oc2c1C. The van der Waals surface area contributed by atoms with E-state index in [0.717, 1.165) is 40.9 Å². The zero-order chi connectivity index (χ0) is 18.8. The van der Waals surface area contributed by atoms with E-state index in [1.807, 2.05) is 19.9 Å². The molecule has 0 bridgehead atoms. The van der Waals surface area contributed by atoms with Gasteiger partial charge in [0.2, 0.25) is 0 Å². The summed E-state index contributed by atoms with van der Waals surface area (Å²) in [5.74, 6) is 0. The van der Waals surface area contributed by atoms with Crippen LogP contribution in [-0.4, -0.2) is 13.1 Å². The van der Waals surface area contributed by atoms with Crippen LogP contribution in [0, 0.1) is 13.8 Å². The Morgan fingerprint density at radius 2 is 1.81 bits per heavy atom. The maximum Gasteiger partial charge on any atom is 0.336 e.